The quantitative estimate of drug-likeness (QED) is 0.411. The minimum Gasteiger partial charge on any atom is -0.379 e. The van der Waals surface area contributed by atoms with Gasteiger partial charge in [0.1, 0.15) is 11.0 Å². The van der Waals surface area contributed by atoms with Crippen molar-refractivity contribution in [3.05, 3.63) is 96.6 Å². The number of nitrogens with zero attached hydrogens (tertiary/aromatic N) is 3. The van der Waals surface area contributed by atoms with Crippen molar-refractivity contribution < 1.29 is 9.53 Å². The number of imidazole rings is 1. The average Bonchev–Trinajstić information content (AvgIpc) is 3.51. The number of benzene rings is 2. The number of ether oxygens (including phenoxy) is 1. The maximum atomic E-state index is 13.8. The normalized spacial score (nSPS) is 15.6. The Morgan fingerprint density at radius 1 is 0.935 bits per heavy atom. The molecule has 2 aromatic heterocycles. The highest BCUT2D eigenvalue weighted by molar-refractivity contribution is 7.17. The van der Waals surface area contributed by atoms with Crippen molar-refractivity contribution in [1.29, 1.82) is 0 Å². The molecule has 156 valence electrons. The number of carbonyl (C=O) groups excluding carboxylic acids is 1. The Morgan fingerprint density at radius 3 is 2.39 bits per heavy atom. The average molecular weight is 430 g/mol. The topological polar surface area (TPSA) is 47.4 Å². The molecular formula is C25H23N3O2S. The zero-order chi connectivity index (χ0) is 21.0. The highest BCUT2D eigenvalue weighted by Gasteiger charge is 2.32. The smallest absolute Gasteiger partial charge is 0.220 e. The van der Waals surface area contributed by atoms with Gasteiger partial charge in [0.25, 0.3) is 0 Å². The Hall–Kier alpha value is -3.06. The van der Waals surface area contributed by atoms with Crippen LogP contribution in [-0.4, -0.2) is 46.5 Å². The largest absolute Gasteiger partial charge is 0.379 e. The fourth-order valence-electron chi connectivity index (χ4n) is 4.00. The number of ketones is 1. The SMILES string of the molecule is O=C(c1nccn1-c1ccc(-c2ccccc2)s1)[C@H](c1ccccc1)N1CCOCC1. The number of rotatable bonds is 6. The van der Waals surface area contributed by atoms with Gasteiger partial charge in [-0.2, -0.15) is 0 Å². The van der Waals surface area contributed by atoms with Crippen LogP contribution in [0.4, 0.5) is 0 Å². The van der Waals surface area contributed by atoms with Crippen molar-refractivity contribution in [2.45, 2.75) is 6.04 Å². The lowest BCUT2D eigenvalue weighted by atomic mass is 10.00. The zero-order valence-corrected chi connectivity index (χ0v) is 17.9. The van der Waals surface area contributed by atoms with E-state index in [1.807, 2.05) is 59.3 Å². The van der Waals surface area contributed by atoms with Gasteiger partial charge in [-0.1, -0.05) is 60.7 Å². The van der Waals surface area contributed by atoms with Crippen molar-refractivity contribution in [3.8, 4) is 15.4 Å². The van der Waals surface area contributed by atoms with E-state index in [4.69, 9.17) is 4.74 Å². The third-order valence-corrected chi connectivity index (χ3v) is 6.66. The molecule has 5 rings (SSSR count). The summed E-state index contributed by atoms with van der Waals surface area (Å²) in [6.07, 6.45) is 3.58. The third kappa shape index (κ3) is 4.10. The van der Waals surface area contributed by atoms with E-state index < -0.39 is 0 Å². The maximum absolute atomic E-state index is 13.8. The first kappa shape index (κ1) is 19.9. The van der Waals surface area contributed by atoms with E-state index in [-0.39, 0.29) is 11.8 Å². The molecule has 1 aliphatic rings. The van der Waals surface area contributed by atoms with Crippen molar-refractivity contribution in [2.24, 2.45) is 0 Å². The zero-order valence-electron chi connectivity index (χ0n) is 17.1. The minimum absolute atomic E-state index is 0.00719. The predicted molar refractivity (Wildman–Crippen MR) is 123 cm³/mol. The Morgan fingerprint density at radius 2 is 1.65 bits per heavy atom. The van der Waals surface area contributed by atoms with Crippen LogP contribution < -0.4 is 0 Å². The van der Waals surface area contributed by atoms with Crippen LogP contribution >= 0.6 is 11.3 Å². The summed E-state index contributed by atoms with van der Waals surface area (Å²) < 4.78 is 7.43. The second kappa shape index (κ2) is 8.98. The molecule has 1 fully saturated rings. The van der Waals surface area contributed by atoms with Crippen LogP contribution in [-0.2, 0) is 4.74 Å². The molecule has 2 aromatic carbocycles. The van der Waals surface area contributed by atoms with E-state index in [0.29, 0.717) is 19.0 Å². The molecule has 0 amide bonds. The lowest BCUT2D eigenvalue weighted by Crippen LogP contribution is -2.42. The van der Waals surface area contributed by atoms with Crippen LogP contribution in [0.15, 0.2) is 85.2 Å². The molecule has 1 aliphatic heterocycles. The maximum Gasteiger partial charge on any atom is 0.220 e. The van der Waals surface area contributed by atoms with Gasteiger partial charge < -0.3 is 4.74 Å². The minimum atomic E-state index is -0.375. The van der Waals surface area contributed by atoms with E-state index in [1.165, 1.54) is 5.56 Å². The second-order valence-electron chi connectivity index (χ2n) is 7.45. The highest BCUT2D eigenvalue weighted by atomic mass is 32.1. The first-order valence-corrected chi connectivity index (χ1v) is 11.2. The molecule has 0 aliphatic carbocycles. The number of hydrogen-bond acceptors (Lipinski definition) is 5. The van der Waals surface area contributed by atoms with Gasteiger partial charge in [0.2, 0.25) is 5.78 Å². The van der Waals surface area contributed by atoms with E-state index in [9.17, 15) is 4.79 Å². The van der Waals surface area contributed by atoms with Crippen LogP contribution in [0, 0.1) is 0 Å². The van der Waals surface area contributed by atoms with E-state index >= 15 is 0 Å². The molecule has 4 aromatic rings. The molecule has 3 heterocycles. The van der Waals surface area contributed by atoms with Gasteiger partial charge in [-0.15, -0.1) is 11.3 Å². The number of Topliss-reactive ketones (excluding diaryl/α,β-unsaturated/α-hetero) is 1. The van der Waals surface area contributed by atoms with Gasteiger partial charge in [-0.3, -0.25) is 14.3 Å². The van der Waals surface area contributed by atoms with Crippen molar-refractivity contribution in [1.82, 2.24) is 14.5 Å². The summed E-state index contributed by atoms with van der Waals surface area (Å²) in [5.74, 6) is 0.467. The third-order valence-electron chi connectivity index (χ3n) is 5.52. The van der Waals surface area contributed by atoms with Crippen molar-refractivity contribution in [2.75, 3.05) is 26.3 Å². The molecule has 0 bridgehead atoms. The summed E-state index contributed by atoms with van der Waals surface area (Å²) in [6.45, 7) is 2.72. The van der Waals surface area contributed by atoms with E-state index in [0.717, 1.165) is 28.5 Å². The Bertz CT molecular complexity index is 1150. The molecule has 1 saturated heterocycles. The molecule has 0 N–H and O–H groups in total. The molecule has 6 heteroatoms. The van der Waals surface area contributed by atoms with E-state index in [1.54, 1.807) is 17.5 Å². The van der Waals surface area contributed by atoms with Crippen molar-refractivity contribution in [3.63, 3.8) is 0 Å². The molecule has 1 atom stereocenters. The standard InChI is InChI=1S/C25H23N3O2S/c29-24(23(20-9-5-2-6-10-20)27-15-17-30-18-16-27)25-26-13-14-28(25)22-12-11-21(31-22)19-7-3-1-4-8-19/h1-14,23H,15-18H2/t23-/m0/s1. The van der Waals surface area contributed by atoms with Gasteiger partial charge >= 0.3 is 0 Å². The lowest BCUT2D eigenvalue weighted by Gasteiger charge is -2.33. The summed E-state index contributed by atoms with van der Waals surface area (Å²) in [6, 6.07) is 24.0. The fraction of sp³-hybridized carbons (Fsp3) is 0.200. The monoisotopic (exact) mass is 429 g/mol. The molecule has 0 radical (unpaired) electrons. The Labute approximate surface area is 185 Å². The predicted octanol–water partition coefficient (Wildman–Crippen LogP) is 4.86. The number of morpholine rings is 1. The lowest BCUT2D eigenvalue weighted by molar-refractivity contribution is 0.0168. The molecule has 0 unspecified atom stereocenters. The number of aromatic nitrogens is 2. The highest BCUT2D eigenvalue weighted by Crippen LogP contribution is 2.32. The molecule has 0 saturated carbocycles. The molecule has 0 spiro atoms. The van der Waals surface area contributed by atoms with Gasteiger partial charge in [-0.25, -0.2) is 4.98 Å². The first-order valence-electron chi connectivity index (χ1n) is 10.4. The van der Waals surface area contributed by atoms with Crippen LogP contribution in [0.1, 0.15) is 22.2 Å². The van der Waals surface area contributed by atoms with Gasteiger partial charge in [0.05, 0.1) is 13.2 Å². The Kier molecular flexibility index (Phi) is 5.76. The second-order valence-corrected chi connectivity index (χ2v) is 8.51. The number of thiophene rings is 1. The van der Waals surface area contributed by atoms with Gasteiger partial charge in [0.15, 0.2) is 5.82 Å². The summed E-state index contributed by atoms with van der Waals surface area (Å²) >= 11 is 1.66. The fourth-order valence-corrected chi connectivity index (χ4v) is 5.00. The Balaban J connectivity index is 1.50. The van der Waals surface area contributed by atoms with Crippen LogP contribution in [0.2, 0.25) is 0 Å². The molecule has 31 heavy (non-hydrogen) atoms. The first-order chi connectivity index (χ1) is 15.3. The number of carbonyl (C=O) groups is 1. The number of hydrogen-bond donors (Lipinski definition) is 0. The van der Waals surface area contributed by atoms with E-state index in [2.05, 4.69) is 34.1 Å². The molecule has 5 nitrogen and oxygen atoms in total. The summed E-state index contributed by atoms with van der Waals surface area (Å²) in [7, 11) is 0. The van der Waals surface area contributed by atoms with Crippen LogP contribution in [0.5, 0.6) is 0 Å². The summed E-state index contributed by atoms with van der Waals surface area (Å²) in [4.78, 5) is 21.7. The summed E-state index contributed by atoms with van der Waals surface area (Å²) in [5.41, 5.74) is 2.15. The van der Waals surface area contributed by atoms with Crippen LogP contribution in [0.25, 0.3) is 15.4 Å². The van der Waals surface area contributed by atoms with Crippen molar-refractivity contribution >= 4 is 17.1 Å². The molecular weight excluding hydrogens is 406 g/mol. The van der Waals surface area contributed by atoms with Gasteiger partial charge in [0, 0.05) is 30.4 Å². The van der Waals surface area contributed by atoms with Gasteiger partial charge in [-0.05, 0) is 23.3 Å². The summed E-state index contributed by atoms with van der Waals surface area (Å²) in [5, 5.41) is 0.980. The van der Waals surface area contributed by atoms with Crippen LogP contribution in [0.3, 0.4) is 0 Å².